The predicted octanol–water partition coefficient (Wildman–Crippen LogP) is 2.72. The molecule has 3 heteroatoms. The lowest BCUT2D eigenvalue weighted by molar-refractivity contribution is 0.478. The van der Waals surface area contributed by atoms with Crippen LogP contribution in [0.25, 0.3) is 0 Å². The van der Waals surface area contributed by atoms with Crippen LogP contribution in [0.1, 0.15) is 38.3 Å². The van der Waals surface area contributed by atoms with E-state index in [1.54, 1.807) is 0 Å². The minimum atomic E-state index is 0.549. The number of aromatic nitrogens is 2. The number of hydrogen-bond donors (Lipinski definition) is 1. The summed E-state index contributed by atoms with van der Waals surface area (Å²) in [6.45, 7) is 4.31. The van der Waals surface area contributed by atoms with Crippen LogP contribution in [0.5, 0.6) is 0 Å². The van der Waals surface area contributed by atoms with Gasteiger partial charge in [-0.15, -0.1) is 0 Å². The Morgan fingerprint density at radius 3 is 2.67 bits per heavy atom. The first kappa shape index (κ1) is 10.5. The van der Waals surface area contributed by atoms with Gasteiger partial charge in [0.15, 0.2) is 0 Å². The number of nitrogens with zero attached hydrogens (tertiary/aromatic N) is 2. The van der Waals surface area contributed by atoms with Gasteiger partial charge < -0.3 is 9.88 Å². The van der Waals surface area contributed by atoms with Gasteiger partial charge in [0.2, 0.25) is 5.95 Å². The average Bonchev–Trinajstić information content (AvgIpc) is 2.76. The Morgan fingerprint density at radius 2 is 2.13 bits per heavy atom. The molecule has 1 atom stereocenters. The monoisotopic (exact) mass is 207 g/mol. The van der Waals surface area contributed by atoms with E-state index in [1.807, 2.05) is 14.0 Å². The Bertz CT molecular complexity index is 324. The van der Waals surface area contributed by atoms with Gasteiger partial charge in [0, 0.05) is 19.3 Å². The van der Waals surface area contributed by atoms with Crippen molar-refractivity contribution in [3.8, 4) is 0 Å². The Morgan fingerprint density at radius 1 is 1.47 bits per heavy atom. The topological polar surface area (TPSA) is 29.9 Å². The SMILES string of the molecule is Cc1cn(C)c(NC(C)C2CCCC2)n1. The van der Waals surface area contributed by atoms with Crippen molar-refractivity contribution in [2.24, 2.45) is 13.0 Å². The first-order valence-electron chi connectivity index (χ1n) is 5.93. The first-order chi connectivity index (χ1) is 7.16. The van der Waals surface area contributed by atoms with Crippen molar-refractivity contribution in [3.05, 3.63) is 11.9 Å². The largest absolute Gasteiger partial charge is 0.353 e. The molecule has 0 amide bonds. The van der Waals surface area contributed by atoms with Crippen molar-refractivity contribution in [1.82, 2.24) is 9.55 Å². The van der Waals surface area contributed by atoms with Gasteiger partial charge in [0.1, 0.15) is 0 Å². The van der Waals surface area contributed by atoms with E-state index in [4.69, 9.17) is 0 Å². The quantitative estimate of drug-likeness (QED) is 0.826. The van der Waals surface area contributed by atoms with Crippen molar-refractivity contribution in [2.75, 3.05) is 5.32 Å². The summed E-state index contributed by atoms with van der Waals surface area (Å²) in [7, 11) is 2.05. The highest BCUT2D eigenvalue weighted by molar-refractivity contribution is 5.29. The summed E-state index contributed by atoms with van der Waals surface area (Å²) in [5.41, 5.74) is 1.08. The molecule has 0 bridgehead atoms. The second-order valence-electron chi connectivity index (χ2n) is 4.79. The van der Waals surface area contributed by atoms with E-state index >= 15 is 0 Å². The van der Waals surface area contributed by atoms with E-state index in [0.717, 1.165) is 17.6 Å². The Balaban J connectivity index is 1.98. The molecular formula is C12H21N3. The first-order valence-corrected chi connectivity index (χ1v) is 5.93. The molecule has 84 valence electrons. The lowest BCUT2D eigenvalue weighted by Crippen LogP contribution is -2.25. The molecule has 3 nitrogen and oxygen atoms in total. The second-order valence-corrected chi connectivity index (χ2v) is 4.79. The predicted molar refractivity (Wildman–Crippen MR) is 63.0 cm³/mol. The molecule has 0 aliphatic heterocycles. The molecule has 1 heterocycles. The zero-order valence-electron chi connectivity index (χ0n) is 9.95. The van der Waals surface area contributed by atoms with Crippen molar-refractivity contribution < 1.29 is 0 Å². The summed E-state index contributed by atoms with van der Waals surface area (Å²) in [5, 5.41) is 3.52. The minimum absolute atomic E-state index is 0.549. The van der Waals surface area contributed by atoms with Crippen LogP contribution in [0.15, 0.2) is 6.20 Å². The molecule has 1 fully saturated rings. The number of aryl methyl sites for hydroxylation is 2. The molecule has 1 N–H and O–H groups in total. The summed E-state index contributed by atoms with van der Waals surface area (Å²) in [5.74, 6) is 1.84. The van der Waals surface area contributed by atoms with E-state index in [0.29, 0.717) is 6.04 Å². The van der Waals surface area contributed by atoms with E-state index in [2.05, 4.69) is 28.0 Å². The van der Waals surface area contributed by atoms with Crippen LogP contribution in [0.4, 0.5) is 5.95 Å². The molecule has 1 saturated carbocycles. The maximum absolute atomic E-state index is 4.47. The van der Waals surface area contributed by atoms with Gasteiger partial charge in [-0.2, -0.15) is 0 Å². The highest BCUT2D eigenvalue weighted by atomic mass is 15.2. The van der Waals surface area contributed by atoms with Crippen molar-refractivity contribution in [2.45, 2.75) is 45.6 Å². The number of imidazole rings is 1. The number of anilines is 1. The minimum Gasteiger partial charge on any atom is -0.353 e. The van der Waals surface area contributed by atoms with Gasteiger partial charge in [-0.1, -0.05) is 12.8 Å². The van der Waals surface area contributed by atoms with Crippen LogP contribution in [0.2, 0.25) is 0 Å². The van der Waals surface area contributed by atoms with E-state index < -0.39 is 0 Å². The van der Waals surface area contributed by atoms with Gasteiger partial charge in [0.05, 0.1) is 5.69 Å². The fraction of sp³-hybridized carbons (Fsp3) is 0.750. The molecule has 0 radical (unpaired) electrons. The second kappa shape index (κ2) is 4.25. The van der Waals surface area contributed by atoms with Crippen LogP contribution >= 0.6 is 0 Å². The van der Waals surface area contributed by atoms with Crippen LogP contribution in [0.3, 0.4) is 0 Å². The fourth-order valence-electron chi connectivity index (χ4n) is 2.53. The van der Waals surface area contributed by atoms with E-state index in [-0.39, 0.29) is 0 Å². The zero-order chi connectivity index (χ0) is 10.8. The van der Waals surface area contributed by atoms with Gasteiger partial charge >= 0.3 is 0 Å². The maximum atomic E-state index is 4.47. The fourth-order valence-corrected chi connectivity index (χ4v) is 2.53. The third kappa shape index (κ3) is 2.33. The molecule has 1 aliphatic rings. The Kier molecular flexibility index (Phi) is 2.98. The molecule has 1 unspecified atom stereocenters. The van der Waals surface area contributed by atoms with Crippen LogP contribution in [-0.2, 0) is 7.05 Å². The molecule has 1 aliphatic carbocycles. The molecule has 2 rings (SSSR count). The molecule has 1 aromatic heterocycles. The molecule has 15 heavy (non-hydrogen) atoms. The van der Waals surface area contributed by atoms with Crippen LogP contribution < -0.4 is 5.32 Å². The lowest BCUT2D eigenvalue weighted by atomic mass is 10.0. The summed E-state index contributed by atoms with van der Waals surface area (Å²) in [6.07, 6.45) is 7.60. The molecular weight excluding hydrogens is 186 g/mol. The van der Waals surface area contributed by atoms with Gasteiger partial charge in [-0.25, -0.2) is 4.98 Å². The number of rotatable bonds is 3. The summed E-state index contributed by atoms with van der Waals surface area (Å²) >= 11 is 0. The molecule has 0 spiro atoms. The summed E-state index contributed by atoms with van der Waals surface area (Å²) in [6, 6.07) is 0.549. The van der Waals surface area contributed by atoms with Crippen LogP contribution in [-0.4, -0.2) is 15.6 Å². The van der Waals surface area contributed by atoms with Crippen molar-refractivity contribution in [3.63, 3.8) is 0 Å². The highest BCUT2D eigenvalue weighted by Crippen LogP contribution is 2.28. The normalized spacial score (nSPS) is 19.4. The molecule has 1 aromatic rings. The van der Waals surface area contributed by atoms with E-state index in [1.165, 1.54) is 25.7 Å². The zero-order valence-corrected chi connectivity index (χ0v) is 9.95. The van der Waals surface area contributed by atoms with E-state index in [9.17, 15) is 0 Å². The molecule has 0 saturated heterocycles. The van der Waals surface area contributed by atoms with Gasteiger partial charge in [-0.3, -0.25) is 0 Å². The van der Waals surface area contributed by atoms with Gasteiger partial charge in [0.25, 0.3) is 0 Å². The number of nitrogens with one attached hydrogen (secondary N) is 1. The average molecular weight is 207 g/mol. The smallest absolute Gasteiger partial charge is 0.202 e. The van der Waals surface area contributed by atoms with Crippen molar-refractivity contribution >= 4 is 5.95 Å². The standard InChI is InChI=1S/C12H21N3/c1-9-8-15(3)12(13-9)14-10(2)11-6-4-5-7-11/h8,10-11H,4-7H2,1-3H3,(H,13,14). The third-order valence-electron chi connectivity index (χ3n) is 3.46. The maximum Gasteiger partial charge on any atom is 0.202 e. The van der Waals surface area contributed by atoms with Crippen LogP contribution in [0, 0.1) is 12.8 Å². The molecule has 0 aromatic carbocycles. The summed E-state index contributed by atoms with van der Waals surface area (Å²) < 4.78 is 2.07. The Hall–Kier alpha value is -0.990. The third-order valence-corrected chi connectivity index (χ3v) is 3.46. The lowest BCUT2D eigenvalue weighted by Gasteiger charge is -2.20. The van der Waals surface area contributed by atoms with Gasteiger partial charge in [-0.05, 0) is 32.6 Å². The highest BCUT2D eigenvalue weighted by Gasteiger charge is 2.22. The van der Waals surface area contributed by atoms with Crippen molar-refractivity contribution in [1.29, 1.82) is 0 Å². The Labute approximate surface area is 91.9 Å². The number of hydrogen-bond acceptors (Lipinski definition) is 2. The summed E-state index contributed by atoms with van der Waals surface area (Å²) in [4.78, 5) is 4.47.